The number of carbonyl (C=O) groups is 3. The van der Waals surface area contributed by atoms with Gasteiger partial charge in [0.2, 0.25) is 5.91 Å². The number of amides is 1. The van der Waals surface area contributed by atoms with Gasteiger partial charge in [0.15, 0.2) is 0 Å². The van der Waals surface area contributed by atoms with Crippen molar-refractivity contribution >= 4 is 17.8 Å². The van der Waals surface area contributed by atoms with Gasteiger partial charge in [-0.15, -0.1) is 0 Å². The van der Waals surface area contributed by atoms with Crippen LogP contribution in [0.1, 0.15) is 19.3 Å². The van der Waals surface area contributed by atoms with Gasteiger partial charge >= 0.3 is 18.1 Å². The Labute approximate surface area is 118 Å². The van der Waals surface area contributed by atoms with Gasteiger partial charge < -0.3 is 20.5 Å². The molecule has 1 atom stereocenters. The first kappa shape index (κ1) is 19.2. The molecule has 1 aliphatic heterocycles. The third kappa shape index (κ3) is 6.43. The molecular weight excluding hydrogens is 297 g/mol. The zero-order valence-corrected chi connectivity index (χ0v) is 11.4. The topological polar surface area (TPSA) is 110 Å². The van der Waals surface area contributed by atoms with Crippen molar-refractivity contribution in [1.82, 2.24) is 4.90 Å². The Morgan fingerprint density at radius 1 is 1.33 bits per heavy atom. The number of carboxylic acid groups (broad SMARTS) is 1. The van der Waals surface area contributed by atoms with Crippen molar-refractivity contribution < 1.29 is 37.4 Å². The maximum atomic E-state index is 11.4. The molecule has 0 aromatic heterocycles. The second kappa shape index (κ2) is 8.45. The third-order valence-electron chi connectivity index (χ3n) is 2.71. The molecule has 1 amide bonds. The standard InChI is InChI=1S/C9H16N2O3.C2HF3O2/c1-14-9(13)7-4-2-3-5-11(7)8(12)6-10;3-2(4,5)1(6)7/h7H,2-6,10H2,1H3;(H,6,7)/t7-;/m1./s1. The average molecular weight is 314 g/mol. The van der Waals surface area contributed by atoms with E-state index < -0.39 is 18.2 Å². The summed E-state index contributed by atoms with van der Waals surface area (Å²) < 4.78 is 36.4. The monoisotopic (exact) mass is 314 g/mol. The molecule has 0 radical (unpaired) electrons. The van der Waals surface area contributed by atoms with Gasteiger partial charge in [0.25, 0.3) is 0 Å². The summed E-state index contributed by atoms with van der Waals surface area (Å²) in [7, 11) is 1.34. The van der Waals surface area contributed by atoms with Crippen molar-refractivity contribution in [2.75, 3.05) is 20.2 Å². The van der Waals surface area contributed by atoms with E-state index in [-0.39, 0.29) is 18.4 Å². The van der Waals surface area contributed by atoms with Crippen LogP contribution in [0.2, 0.25) is 0 Å². The fourth-order valence-electron chi connectivity index (χ4n) is 1.73. The highest BCUT2D eigenvalue weighted by Gasteiger charge is 2.38. The average Bonchev–Trinajstić information content (AvgIpc) is 2.45. The number of nitrogens with zero attached hydrogens (tertiary/aromatic N) is 1. The van der Waals surface area contributed by atoms with Gasteiger partial charge in [-0.05, 0) is 19.3 Å². The summed E-state index contributed by atoms with van der Waals surface area (Å²) >= 11 is 0. The molecule has 1 fully saturated rings. The van der Waals surface area contributed by atoms with Gasteiger partial charge in [0, 0.05) is 6.54 Å². The van der Waals surface area contributed by atoms with E-state index in [1.54, 1.807) is 0 Å². The summed E-state index contributed by atoms with van der Waals surface area (Å²) in [6, 6.07) is -0.426. The van der Waals surface area contributed by atoms with Crippen molar-refractivity contribution in [2.24, 2.45) is 5.73 Å². The van der Waals surface area contributed by atoms with E-state index >= 15 is 0 Å². The van der Waals surface area contributed by atoms with Crippen molar-refractivity contribution in [3.05, 3.63) is 0 Å². The molecule has 0 bridgehead atoms. The quantitative estimate of drug-likeness (QED) is 0.701. The van der Waals surface area contributed by atoms with Crippen LogP contribution in [0.4, 0.5) is 13.2 Å². The first-order valence-electron chi connectivity index (χ1n) is 6.02. The fraction of sp³-hybridized carbons (Fsp3) is 0.727. The molecule has 0 spiro atoms. The number of hydrogen-bond acceptors (Lipinski definition) is 5. The molecular formula is C11H17F3N2O5. The Morgan fingerprint density at radius 2 is 1.86 bits per heavy atom. The summed E-state index contributed by atoms with van der Waals surface area (Å²) in [6.45, 7) is 0.559. The van der Waals surface area contributed by atoms with E-state index in [2.05, 4.69) is 4.74 Å². The highest BCUT2D eigenvalue weighted by Crippen LogP contribution is 2.17. The van der Waals surface area contributed by atoms with Crippen LogP contribution in [-0.4, -0.2) is 60.3 Å². The lowest BCUT2D eigenvalue weighted by atomic mass is 10.0. The molecule has 1 heterocycles. The van der Waals surface area contributed by atoms with Crippen LogP contribution in [0, 0.1) is 0 Å². The molecule has 0 saturated carbocycles. The Kier molecular flexibility index (Phi) is 7.71. The number of carbonyl (C=O) groups excluding carboxylic acids is 2. The highest BCUT2D eigenvalue weighted by atomic mass is 19.4. The highest BCUT2D eigenvalue weighted by molar-refractivity contribution is 5.85. The molecule has 3 N–H and O–H groups in total. The normalized spacial score (nSPS) is 18.3. The number of hydrogen-bond donors (Lipinski definition) is 2. The second-order valence-electron chi connectivity index (χ2n) is 4.13. The predicted octanol–water partition coefficient (Wildman–Crippen LogP) is 0.132. The molecule has 0 aromatic carbocycles. The molecule has 0 aliphatic carbocycles. The number of methoxy groups -OCH3 is 1. The zero-order chi connectivity index (χ0) is 16.6. The second-order valence-corrected chi connectivity index (χ2v) is 4.13. The number of rotatable bonds is 2. The maximum absolute atomic E-state index is 11.4. The number of nitrogens with two attached hydrogens (primary N) is 1. The van der Waals surface area contributed by atoms with Gasteiger partial charge in [-0.3, -0.25) is 4.79 Å². The molecule has 122 valence electrons. The van der Waals surface area contributed by atoms with E-state index in [0.717, 1.165) is 12.8 Å². The summed E-state index contributed by atoms with van der Waals surface area (Å²) in [5.41, 5.74) is 5.26. The molecule has 7 nitrogen and oxygen atoms in total. The van der Waals surface area contributed by atoms with Crippen molar-refractivity contribution in [2.45, 2.75) is 31.5 Å². The first-order valence-corrected chi connectivity index (χ1v) is 6.02. The van der Waals surface area contributed by atoms with Gasteiger partial charge in [0.1, 0.15) is 6.04 Å². The van der Waals surface area contributed by atoms with Crippen LogP contribution in [0.25, 0.3) is 0 Å². The lowest BCUT2D eigenvalue weighted by Gasteiger charge is -2.33. The van der Waals surface area contributed by atoms with E-state index in [0.29, 0.717) is 13.0 Å². The van der Waals surface area contributed by atoms with Crippen molar-refractivity contribution in [3.63, 3.8) is 0 Å². The van der Waals surface area contributed by atoms with Crippen LogP contribution >= 0.6 is 0 Å². The Balaban J connectivity index is 0.000000486. The number of halogens is 3. The van der Waals surface area contributed by atoms with E-state index in [1.165, 1.54) is 12.0 Å². The molecule has 1 saturated heterocycles. The van der Waals surface area contributed by atoms with Crippen LogP contribution < -0.4 is 5.73 Å². The Morgan fingerprint density at radius 3 is 2.24 bits per heavy atom. The van der Waals surface area contributed by atoms with Gasteiger partial charge in [-0.2, -0.15) is 13.2 Å². The van der Waals surface area contributed by atoms with Crippen LogP contribution in [0.5, 0.6) is 0 Å². The number of carboxylic acids is 1. The van der Waals surface area contributed by atoms with Crippen LogP contribution in [-0.2, 0) is 19.1 Å². The molecule has 0 unspecified atom stereocenters. The molecule has 0 aromatic rings. The maximum Gasteiger partial charge on any atom is 0.490 e. The minimum Gasteiger partial charge on any atom is -0.475 e. The minimum atomic E-state index is -5.08. The van der Waals surface area contributed by atoms with Crippen molar-refractivity contribution in [3.8, 4) is 0 Å². The molecule has 21 heavy (non-hydrogen) atoms. The van der Waals surface area contributed by atoms with Crippen LogP contribution in [0.15, 0.2) is 0 Å². The zero-order valence-electron chi connectivity index (χ0n) is 11.4. The third-order valence-corrected chi connectivity index (χ3v) is 2.71. The van der Waals surface area contributed by atoms with E-state index in [4.69, 9.17) is 15.6 Å². The van der Waals surface area contributed by atoms with Crippen LogP contribution in [0.3, 0.4) is 0 Å². The lowest BCUT2D eigenvalue weighted by molar-refractivity contribution is -0.192. The molecule has 1 aliphatic rings. The number of piperidine rings is 1. The number of esters is 1. The number of alkyl halides is 3. The summed E-state index contributed by atoms with van der Waals surface area (Å²) in [5, 5.41) is 7.12. The number of likely N-dealkylation sites (tertiary alicyclic amines) is 1. The Hall–Kier alpha value is -1.84. The largest absolute Gasteiger partial charge is 0.490 e. The minimum absolute atomic E-state index is 0.0481. The molecule has 1 rings (SSSR count). The summed E-state index contributed by atoms with van der Waals surface area (Å²) in [5.74, 6) is -3.28. The van der Waals surface area contributed by atoms with Gasteiger partial charge in [0.05, 0.1) is 13.7 Å². The van der Waals surface area contributed by atoms with Gasteiger partial charge in [-0.1, -0.05) is 0 Å². The smallest absolute Gasteiger partial charge is 0.475 e. The number of aliphatic carboxylic acids is 1. The molecule has 10 heteroatoms. The number of ether oxygens (including phenoxy) is 1. The summed E-state index contributed by atoms with van der Waals surface area (Å²) in [6.07, 6.45) is -2.52. The summed E-state index contributed by atoms with van der Waals surface area (Å²) in [4.78, 5) is 33.2. The van der Waals surface area contributed by atoms with E-state index in [9.17, 15) is 22.8 Å². The lowest BCUT2D eigenvalue weighted by Crippen LogP contribution is -2.50. The SMILES string of the molecule is COC(=O)[C@H]1CCCCN1C(=O)CN.O=C(O)C(F)(F)F. The Bertz CT molecular complexity index is 363. The predicted molar refractivity (Wildman–Crippen MR) is 64.1 cm³/mol. The first-order chi connectivity index (χ1) is 9.65. The van der Waals surface area contributed by atoms with Crippen molar-refractivity contribution in [1.29, 1.82) is 0 Å². The fourth-order valence-corrected chi connectivity index (χ4v) is 1.73. The van der Waals surface area contributed by atoms with E-state index in [1.807, 2.05) is 0 Å². The van der Waals surface area contributed by atoms with Gasteiger partial charge in [-0.25, -0.2) is 9.59 Å².